The maximum absolute atomic E-state index is 10.7. The summed E-state index contributed by atoms with van der Waals surface area (Å²) in [5.74, 6) is 0.140. The Hall–Kier alpha value is -1.85. The van der Waals surface area contributed by atoms with Gasteiger partial charge in [0.15, 0.2) is 0 Å². The Morgan fingerprint density at radius 3 is 2.56 bits per heavy atom. The third-order valence-electron chi connectivity index (χ3n) is 4.08. The molecule has 0 aliphatic carbocycles. The molecule has 0 saturated heterocycles. The van der Waals surface area contributed by atoms with Crippen LogP contribution in [0, 0.1) is 0 Å². The van der Waals surface area contributed by atoms with Crippen molar-refractivity contribution in [2.75, 3.05) is 19.7 Å². The molecule has 2 aromatic rings. The second-order valence-corrected chi connectivity index (χ2v) is 7.41. The second-order valence-electron chi connectivity index (χ2n) is 6.38. The summed E-state index contributed by atoms with van der Waals surface area (Å²) < 4.78 is 5.81. The van der Waals surface area contributed by atoms with Crippen molar-refractivity contribution in [2.24, 2.45) is 0 Å². The molecule has 0 amide bonds. The number of carbonyl (C=O) groups is 1. The highest BCUT2D eigenvalue weighted by Crippen LogP contribution is 2.18. The minimum atomic E-state index is -0.746. The fourth-order valence-corrected chi connectivity index (χ4v) is 3.38. The Balaban J connectivity index is 1.70. The summed E-state index contributed by atoms with van der Waals surface area (Å²) in [5, 5.41) is 10.9. The van der Waals surface area contributed by atoms with Gasteiger partial charge in [0.25, 0.3) is 0 Å². The Labute approximate surface area is 154 Å². The Kier molecular flexibility index (Phi) is 7.95. The zero-order valence-electron chi connectivity index (χ0n) is 15.0. The quantitative estimate of drug-likeness (QED) is 0.607. The number of benzene rings is 1. The molecular formula is C20H27NO3S. The number of nitrogens with zero attached hydrogens (tertiary/aromatic N) is 1. The standard InChI is InChI=1S/C20H27NO3S/c1-16(2)21(12-10-20(22)23)11-4-13-24-18-8-6-17(7-9-18)15-19-5-3-14-25-19/h3,5-9,14,16H,4,10-13,15H2,1-2H3,(H,22,23). The van der Waals surface area contributed by atoms with Gasteiger partial charge in [-0.15, -0.1) is 11.3 Å². The molecule has 25 heavy (non-hydrogen) atoms. The number of rotatable bonds is 11. The molecule has 0 radical (unpaired) electrons. The molecule has 0 saturated carbocycles. The summed E-state index contributed by atoms with van der Waals surface area (Å²) in [4.78, 5) is 14.3. The van der Waals surface area contributed by atoms with Gasteiger partial charge in [-0.05, 0) is 49.4 Å². The largest absolute Gasteiger partial charge is 0.494 e. The molecule has 0 unspecified atom stereocenters. The zero-order valence-corrected chi connectivity index (χ0v) is 15.8. The normalized spacial score (nSPS) is 11.2. The van der Waals surface area contributed by atoms with Crippen molar-refractivity contribution >= 4 is 17.3 Å². The van der Waals surface area contributed by atoms with E-state index in [0.717, 1.165) is 25.1 Å². The minimum Gasteiger partial charge on any atom is -0.494 e. The lowest BCUT2D eigenvalue weighted by molar-refractivity contribution is -0.137. The molecule has 5 heteroatoms. The van der Waals surface area contributed by atoms with Gasteiger partial charge >= 0.3 is 5.97 Å². The van der Waals surface area contributed by atoms with Crippen LogP contribution in [0.3, 0.4) is 0 Å². The van der Waals surface area contributed by atoms with Gasteiger partial charge in [-0.2, -0.15) is 0 Å². The summed E-state index contributed by atoms with van der Waals surface area (Å²) in [6.07, 6.45) is 2.03. The predicted octanol–water partition coefficient (Wildman–Crippen LogP) is 4.29. The highest BCUT2D eigenvalue weighted by molar-refractivity contribution is 7.09. The Morgan fingerprint density at radius 1 is 1.20 bits per heavy atom. The lowest BCUT2D eigenvalue weighted by Crippen LogP contribution is -2.34. The van der Waals surface area contributed by atoms with E-state index < -0.39 is 5.97 Å². The molecule has 0 bridgehead atoms. The van der Waals surface area contributed by atoms with Gasteiger partial charge in [-0.3, -0.25) is 4.79 Å². The van der Waals surface area contributed by atoms with Gasteiger partial charge in [-0.1, -0.05) is 18.2 Å². The maximum Gasteiger partial charge on any atom is 0.304 e. The lowest BCUT2D eigenvalue weighted by Gasteiger charge is -2.25. The molecule has 0 atom stereocenters. The maximum atomic E-state index is 10.7. The molecular weight excluding hydrogens is 334 g/mol. The van der Waals surface area contributed by atoms with Gasteiger partial charge < -0.3 is 14.7 Å². The molecule has 0 spiro atoms. The van der Waals surface area contributed by atoms with Crippen molar-refractivity contribution in [3.63, 3.8) is 0 Å². The Bertz CT molecular complexity index is 623. The van der Waals surface area contributed by atoms with Crippen molar-refractivity contribution in [1.29, 1.82) is 0 Å². The van der Waals surface area contributed by atoms with Crippen LogP contribution in [0.4, 0.5) is 0 Å². The first-order valence-corrected chi connectivity index (χ1v) is 9.62. The van der Waals surface area contributed by atoms with E-state index in [-0.39, 0.29) is 6.42 Å². The van der Waals surface area contributed by atoms with Crippen molar-refractivity contribution in [3.05, 3.63) is 52.2 Å². The van der Waals surface area contributed by atoms with Crippen LogP contribution in [-0.2, 0) is 11.2 Å². The van der Waals surface area contributed by atoms with E-state index in [9.17, 15) is 4.79 Å². The number of thiophene rings is 1. The van der Waals surface area contributed by atoms with Gasteiger partial charge in [-0.25, -0.2) is 0 Å². The SMILES string of the molecule is CC(C)N(CCCOc1ccc(Cc2cccs2)cc1)CCC(=O)O. The van der Waals surface area contributed by atoms with Crippen LogP contribution in [0.1, 0.15) is 37.1 Å². The molecule has 0 fully saturated rings. The van der Waals surface area contributed by atoms with Gasteiger partial charge in [0.05, 0.1) is 13.0 Å². The van der Waals surface area contributed by atoms with Gasteiger partial charge in [0, 0.05) is 30.4 Å². The molecule has 1 N–H and O–H groups in total. The average molecular weight is 362 g/mol. The van der Waals surface area contributed by atoms with E-state index in [4.69, 9.17) is 9.84 Å². The van der Waals surface area contributed by atoms with Crippen LogP contribution >= 0.6 is 11.3 Å². The van der Waals surface area contributed by atoms with E-state index in [0.29, 0.717) is 19.2 Å². The molecule has 4 nitrogen and oxygen atoms in total. The number of carboxylic acids is 1. The molecule has 0 aliphatic heterocycles. The topological polar surface area (TPSA) is 49.8 Å². The second kappa shape index (κ2) is 10.2. The predicted molar refractivity (Wildman–Crippen MR) is 103 cm³/mol. The monoisotopic (exact) mass is 361 g/mol. The first-order chi connectivity index (χ1) is 12.0. The van der Waals surface area contributed by atoms with Crippen LogP contribution < -0.4 is 4.74 Å². The first kappa shape index (κ1) is 19.5. The number of hydrogen-bond acceptors (Lipinski definition) is 4. The van der Waals surface area contributed by atoms with Crippen molar-refractivity contribution in [2.45, 2.75) is 39.2 Å². The summed E-state index contributed by atoms with van der Waals surface area (Å²) >= 11 is 1.78. The molecule has 1 heterocycles. The van der Waals surface area contributed by atoms with Crippen molar-refractivity contribution < 1.29 is 14.6 Å². The number of carboxylic acid groups (broad SMARTS) is 1. The van der Waals surface area contributed by atoms with Gasteiger partial charge in [0.1, 0.15) is 5.75 Å². The van der Waals surface area contributed by atoms with E-state index in [2.05, 4.69) is 48.4 Å². The summed E-state index contributed by atoms with van der Waals surface area (Å²) in [7, 11) is 0. The highest BCUT2D eigenvalue weighted by atomic mass is 32.1. The third-order valence-corrected chi connectivity index (χ3v) is 4.96. The average Bonchev–Trinajstić information content (AvgIpc) is 3.08. The molecule has 1 aromatic carbocycles. The molecule has 136 valence electrons. The van der Waals surface area contributed by atoms with E-state index >= 15 is 0 Å². The number of aliphatic carboxylic acids is 1. The Morgan fingerprint density at radius 2 is 1.96 bits per heavy atom. The fraction of sp³-hybridized carbons (Fsp3) is 0.450. The minimum absolute atomic E-state index is 0.185. The van der Waals surface area contributed by atoms with E-state index in [1.54, 1.807) is 11.3 Å². The van der Waals surface area contributed by atoms with Crippen LogP contribution in [0.2, 0.25) is 0 Å². The van der Waals surface area contributed by atoms with Crippen LogP contribution in [0.15, 0.2) is 41.8 Å². The van der Waals surface area contributed by atoms with Crippen LogP contribution in [0.5, 0.6) is 5.75 Å². The molecule has 2 rings (SSSR count). The molecule has 0 aliphatic rings. The lowest BCUT2D eigenvalue weighted by atomic mass is 10.1. The third kappa shape index (κ3) is 7.28. The van der Waals surface area contributed by atoms with E-state index in [1.165, 1.54) is 10.4 Å². The zero-order chi connectivity index (χ0) is 18.1. The molecule has 1 aromatic heterocycles. The van der Waals surface area contributed by atoms with Crippen LogP contribution in [-0.4, -0.2) is 41.7 Å². The smallest absolute Gasteiger partial charge is 0.304 e. The number of hydrogen-bond donors (Lipinski definition) is 1. The van der Waals surface area contributed by atoms with Crippen molar-refractivity contribution in [1.82, 2.24) is 4.90 Å². The summed E-state index contributed by atoms with van der Waals surface area (Å²) in [5.41, 5.74) is 1.29. The van der Waals surface area contributed by atoms with Gasteiger partial charge in [0.2, 0.25) is 0 Å². The fourth-order valence-electron chi connectivity index (χ4n) is 2.64. The van der Waals surface area contributed by atoms with Crippen LogP contribution in [0.25, 0.3) is 0 Å². The number of ether oxygens (including phenoxy) is 1. The van der Waals surface area contributed by atoms with E-state index in [1.807, 2.05) is 12.1 Å². The highest BCUT2D eigenvalue weighted by Gasteiger charge is 2.10. The van der Waals surface area contributed by atoms with Crippen molar-refractivity contribution in [3.8, 4) is 5.75 Å². The first-order valence-electron chi connectivity index (χ1n) is 8.74. The summed E-state index contributed by atoms with van der Waals surface area (Å²) in [6.45, 7) is 6.26. The summed E-state index contributed by atoms with van der Waals surface area (Å²) in [6, 6.07) is 12.8.